The van der Waals surface area contributed by atoms with Crippen LogP contribution >= 0.6 is 0 Å². The number of rotatable bonds is 2. The van der Waals surface area contributed by atoms with Crippen molar-refractivity contribution in [3.63, 3.8) is 0 Å². The Bertz CT molecular complexity index is 800. The van der Waals surface area contributed by atoms with Crippen LogP contribution in [0.2, 0.25) is 0 Å². The predicted molar refractivity (Wildman–Crippen MR) is 82.8 cm³/mol. The number of nitrogens with one attached hydrogen (secondary N) is 1. The third-order valence-electron chi connectivity index (χ3n) is 3.54. The molecule has 0 aromatic heterocycles. The number of para-hydroxylation sites is 1. The lowest BCUT2D eigenvalue weighted by molar-refractivity contribution is 0.179. The van der Waals surface area contributed by atoms with Gasteiger partial charge in [0.1, 0.15) is 6.07 Å². The summed E-state index contributed by atoms with van der Waals surface area (Å²) in [6.45, 7) is 0. The first kappa shape index (κ1) is 14.4. The third kappa shape index (κ3) is 2.42. The van der Waals surface area contributed by atoms with E-state index in [0.29, 0.717) is 16.8 Å². The Morgan fingerprint density at radius 1 is 1.13 bits per heavy atom. The molecule has 0 spiro atoms. The van der Waals surface area contributed by atoms with Crippen molar-refractivity contribution >= 4 is 17.7 Å². The van der Waals surface area contributed by atoms with E-state index in [1.807, 2.05) is 6.07 Å². The largest absolute Gasteiger partial charge is 0.350 e. The Labute approximate surface area is 132 Å². The normalized spacial score (nSPS) is 16.8. The van der Waals surface area contributed by atoms with Gasteiger partial charge in [0.2, 0.25) is 0 Å². The Hall–Kier alpha value is -3.53. The molecule has 23 heavy (non-hydrogen) atoms. The summed E-state index contributed by atoms with van der Waals surface area (Å²) >= 11 is 0. The van der Waals surface area contributed by atoms with E-state index in [0.717, 1.165) is 5.01 Å². The fourth-order valence-electron chi connectivity index (χ4n) is 2.56. The lowest BCUT2D eigenvalue weighted by Gasteiger charge is -2.27. The van der Waals surface area contributed by atoms with E-state index in [4.69, 9.17) is 5.73 Å². The molecule has 0 aliphatic carbocycles. The zero-order valence-corrected chi connectivity index (χ0v) is 12.0. The van der Waals surface area contributed by atoms with Crippen LogP contribution in [0.4, 0.5) is 15.3 Å². The van der Waals surface area contributed by atoms with E-state index in [9.17, 15) is 14.9 Å². The van der Waals surface area contributed by atoms with Crippen LogP contribution in [-0.2, 0) is 0 Å². The Kier molecular flexibility index (Phi) is 3.57. The van der Waals surface area contributed by atoms with E-state index in [1.54, 1.807) is 48.5 Å². The van der Waals surface area contributed by atoms with Crippen LogP contribution in [0, 0.1) is 11.3 Å². The maximum absolute atomic E-state index is 12.4. The van der Waals surface area contributed by atoms with Gasteiger partial charge in [-0.05, 0) is 17.7 Å². The molecular weight excluding hydrogens is 294 g/mol. The Morgan fingerprint density at radius 3 is 2.43 bits per heavy atom. The van der Waals surface area contributed by atoms with Gasteiger partial charge in [0.15, 0.2) is 6.17 Å². The number of urea groups is 2. The van der Waals surface area contributed by atoms with Crippen LogP contribution in [0.15, 0.2) is 54.6 Å². The topological polar surface area (TPSA) is 102 Å². The summed E-state index contributed by atoms with van der Waals surface area (Å²) in [4.78, 5) is 25.4. The highest BCUT2D eigenvalue weighted by atomic mass is 16.2. The Morgan fingerprint density at radius 2 is 1.78 bits per heavy atom. The van der Waals surface area contributed by atoms with Gasteiger partial charge >= 0.3 is 12.1 Å². The number of nitrogens with two attached hydrogens (primary N) is 1. The Balaban J connectivity index is 2.15. The van der Waals surface area contributed by atoms with Gasteiger partial charge in [0, 0.05) is 0 Å². The summed E-state index contributed by atoms with van der Waals surface area (Å²) in [5.74, 6) is 0. The molecule has 3 N–H and O–H groups in total. The van der Waals surface area contributed by atoms with Gasteiger partial charge in [-0.3, -0.25) is 4.90 Å². The van der Waals surface area contributed by atoms with Gasteiger partial charge in [-0.15, -0.1) is 0 Å². The molecular formula is C16H13N5O2. The summed E-state index contributed by atoms with van der Waals surface area (Å²) < 4.78 is 0. The first-order valence-electron chi connectivity index (χ1n) is 6.86. The molecule has 2 aromatic rings. The number of anilines is 1. The summed E-state index contributed by atoms with van der Waals surface area (Å²) in [6.07, 6.45) is -0.768. The summed E-state index contributed by atoms with van der Waals surface area (Å²) in [5, 5.41) is 10.3. The lowest BCUT2D eigenvalue weighted by Crippen LogP contribution is -2.43. The van der Waals surface area contributed by atoms with E-state index >= 15 is 0 Å². The highest BCUT2D eigenvalue weighted by Gasteiger charge is 2.42. The van der Waals surface area contributed by atoms with Crippen molar-refractivity contribution in [1.82, 2.24) is 10.4 Å². The molecule has 1 saturated heterocycles. The number of hydrogen-bond acceptors (Lipinski definition) is 3. The number of benzene rings is 2. The molecule has 1 unspecified atom stereocenters. The average molecular weight is 307 g/mol. The van der Waals surface area contributed by atoms with Crippen LogP contribution < -0.4 is 16.1 Å². The zero-order valence-electron chi connectivity index (χ0n) is 12.0. The quantitative estimate of drug-likeness (QED) is 0.887. The van der Waals surface area contributed by atoms with Gasteiger partial charge in [0.05, 0.1) is 11.3 Å². The van der Waals surface area contributed by atoms with Gasteiger partial charge in [-0.2, -0.15) is 5.26 Å². The highest BCUT2D eigenvalue weighted by molar-refractivity contribution is 5.98. The smallest absolute Gasteiger partial charge is 0.342 e. The van der Waals surface area contributed by atoms with Crippen molar-refractivity contribution in [3.8, 4) is 6.07 Å². The van der Waals surface area contributed by atoms with Crippen molar-refractivity contribution in [2.75, 3.05) is 4.90 Å². The van der Waals surface area contributed by atoms with Gasteiger partial charge in [-0.1, -0.05) is 42.5 Å². The van der Waals surface area contributed by atoms with Crippen molar-refractivity contribution in [1.29, 1.82) is 5.26 Å². The number of nitriles is 1. The van der Waals surface area contributed by atoms with Crippen molar-refractivity contribution in [2.45, 2.75) is 6.17 Å². The summed E-state index contributed by atoms with van der Waals surface area (Å²) in [5.41, 5.74) is 9.25. The lowest BCUT2D eigenvalue weighted by atomic mass is 10.1. The molecule has 2 aromatic carbocycles. The number of hydrogen-bond donors (Lipinski definition) is 2. The number of carbonyl (C=O) groups is 2. The fraction of sp³-hybridized carbons (Fsp3) is 0.0625. The van der Waals surface area contributed by atoms with E-state index in [1.165, 1.54) is 4.90 Å². The minimum Gasteiger partial charge on any atom is -0.350 e. The van der Waals surface area contributed by atoms with Crippen LogP contribution in [0.3, 0.4) is 0 Å². The standard InChI is InChI=1S/C16H13N5O2/c17-10-12-8-4-5-9-13(12)20-14(11-6-2-1-3-7-11)21(15(18)22)19-16(20)23/h1-9,14H,(H2,18,22)(H,19,23). The fourth-order valence-corrected chi connectivity index (χ4v) is 2.56. The summed E-state index contributed by atoms with van der Waals surface area (Å²) in [7, 11) is 0. The van der Waals surface area contributed by atoms with E-state index in [2.05, 4.69) is 11.5 Å². The summed E-state index contributed by atoms with van der Waals surface area (Å²) in [6, 6.07) is 16.4. The second-order valence-corrected chi connectivity index (χ2v) is 4.91. The van der Waals surface area contributed by atoms with Crippen molar-refractivity contribution in [3.05, 3.63) is 65.7 Å². The highest BCUT2D eigenvalue weighted by Crippen LogP contribution is 2.34. The number of amides is 4. The van der Waals surface area contributed by atoms with Crippen LogP contribution in [0.5, 0.6) is 0 Å². The van der Waals surface area contributed by atoms with Crippen molar-refractivity contribution < 1.29 is 9.59 Å². The molecule has 114 valence electrons. The molecule has 0 radical (unpaired) electrons. The number of primary amides is 1. The molecule has 1 aliphatic heterocycles. The second kappa shape index (κ2) is 5.69. The first-order chi connectivity index (χ1) is 11.1. The number of nitrogens with zero attached hydrogens (tertiary/aromatic N) is 3. The zero-order chi connectivity index (χ0) is 16.4. The predicted octanol–water partition coefficient (Wildman–Crippen LogP) is 2.08. The second-order valence-electron chi connectivity index (χ2n) is 4.91. The molecule has 1 fully saturated rings. The monoisotopic (exact) mass is 307 g/mol. The minimum atomic E-state index is -0.788. The maximum atomic E-state index is 12.4. The SMILES string of the molecule is N#Cc1ccccc1N1C(=O)NN(C(N)=O)C1c1ccccc1. The molecule has 0 saturated carbocycles. The molecule has 0 bridgehead atoms. The first-order valence-corrected chi connectivity index (χ1v) is 6.86. The molecule has 7 heteroatoms. The molecule has 1 atom stereocenters. The van der Waals surface area contributed by atoms with E-state index in [-0.39, 0.29) is 0 Å². The van der Waals surface area contributed by atoms with Crippen LogP contribution in [0.25, 0.3) is 0 Å². The third-order valence-corrected chi connectivity index (χ3v) is 3.54. The maximum Gasteiger partial charge on any atom is 0.342 e. The van der Waals surface area contributed by atoms with Crippen LogP contribution in [-0.4, -0.2) is 17.1 Å². The minimum absolute atomic E-state index is 0.329. The van der Waals surface area contributed by atoms with Crippen molar-refractivity contribution in [2.24, 2.45) is 5.73 Å². The van der Waals surface area contributed by atoms with Gasteiger partial charge < -0.3 is 5.73 Å². The molecule has 1 aliphatic rings. The molecule has 7 nitrogen and oxygen atoms in total. The van der Waals surface area contributed by atoms with Gasteiger partial charge in [0.25, 0.3) is 0 Å². The number of carbonyl (C=O) groups excluding carboxylic acids is 2. The molecule has 1 heterocycles. The van der Waals surface area contributed by atoms with Crippen LogP contribution in [0.1, 0.15) is 17.3 Å². The van der Waals surface area contributed by atoms with Gasteiger partial charge in [-0.25, -0.2) is 20.0 Å². The number of hydrazine groups is 1. The molecule has 4 amide bonds. The molecule has 3 rings (SSSR count). The average Bonchev–Trinajstić information content (AvgIpc) is 2.93. The van der Waals surface area contributed by atoms with E-state index < -0.39 is 18.2 Å².